The molecule has 0 bridgehead atoms. The Bertz CT molecular complexity index is 111. The van der Waals surface area contributed by atoms with Crippen LogP contribution in [-0.2, 0) is 0 Å². The Labute approximate surface area is 124 Å². The quantitative estimate of drug-likeness (QED) is 0.260. The van der Waals surface area contributed by atoms with E-state index in [1.807, 2.05) is 0 Å². The van der Waals surface area contributed by atoms with Crippen LogP contribution in [-0.4, -0.2) is 73.7 Å². The van der Waals surface area contributed by atoms with Gasteiger partial charge in [-0.2, -0.15) is 0 Å². The van der Waals surface area contributed by atoms with Gasteiger partial charge in [0.05, 0.1) is 13.2 Å². The van der Waals surface area contributed by atoms with Crippen LogP contribution in [0.3, 0.4) is 0 Å². The van der Waals surface area contributed by atoms with Gasteiger partial charge in [0, 0.05) is 0 Å². The van der Waals surface area contributed by atoms with Gasteiger partial charge in [-0.25, -0.2) is 0 Å². The summed E-state index contributed by atoms with van der Waals surface area (Å²) in [6.45, 7) is -1.45. The van der Waals surface area contributed by atoms with Crippen LogP contribution >= 0.6 is 0 Å². The summed E-state index contributed by atoms with van der Waals surface area (Å²) in [5, 5.41) is 52.2. The molecule has 0 fully saturated rings. The molecule has 0 aromatic heterocycles. The first-order valence-corrected chi connectivity index (χ1v) is 3.48. The molecule has 7 N–H and O–H groups in total. The Morgan fingerprint density at radius 1 is 0.714 bits per heavy atom. The van der Waals surface area contributed by atoms with Crippen LogP contribution in [0, 0.1) is 0 Å². The maximum atomic E-state index is 8.96. The van der Waals surface area contributed by atoms with Crippen molar-refractivity contribution in [3.63, 3.8) is 0 Å². The van der Waals surface area contributed by atoms with E-state index in [4.69, 9.17) is 30.6 Å². The standard InChI is InChI=1S/C6H14O6.K.H2O/c7-1-3(9)5(11)6(12)4(10)2-8;;/h3-12H,1-2H2;;1H2/q;+1;/p-1. The summed E-state index contributed by atoms with van der Waals surface area (Å²) >= 11 is 0. The summed E-state index contributed by atoms with van der Waals surface area (Å²) in [4.78, 5) is 0. The molecule has 7 nitrogen and oxygen atoms in total. The fraction of sp³-hybridized carbons (Fsp3) is 1.00. The zero-order chi connectivity index (χ0) is 9.72. The van der Waals surface area contributed by atoms with Gasteiger partial charge in [0.15, 0.2) is 0 Å². The van der Waals surface area contributed by atoms with Crippen LogP contribution in [0.25, 0.3) is 0 Å². The molecule has 8 heteroatoms. The number of hydrogen-bond acceptors (Lipinski definition) is 7. The average Bonchev–Trinajstić information content (AvgIpc) is 2.12. The van der Waals surface area contributed by atoms with Crippen LogP contribution in [0.15, 0.2) is 0 Å². The summed E-state index contributed by atoms with van der Waals surface area (Å²) in [5.74, 6) is 0. The van der Waals surface area contributed by atoms with E-state index in [-0.39, 0.29) is 56.9 Å². The van der Waals surface area contributed by atoms with Crippen LogP contribution in [0.1, 0.15) is 0 Å². The van der Waals surface area contributed by atoms with E-state index in [0.717, 1.165) is 0 Å². The van der Waals surface area contributed by atoms with E-state index >= 15 is 0 Å². The molecular weight excluding hydrogens is 223 g/mol. The maximum absolute atomic E-state index is 8.96. The van der Waals surface area contributed by atoms with Crippen molar-refractivity contribution >= 4 is 0 Å². The molecule has 0 saturated heterocycles. The first kappa shape index (κ1) is 20.7. The van der Waals surface area contributed by atoms with Gasteiger partial charge in [0.2, 0.25) is 0 Å². The van der Waals surface area contributed by atoms with Crippen molar-refractivity contribution in [3.05, 3.63) is 0 Å². The first-order chi connectivity index (χ1) is 5.54. The minimum absolute atomic E-state index is 0. The third kappa shape index (κ3) is 6.77. The molecule has 0 aromatic rings. The second-order valence-electron chi connectivity index (χ2n) is 2.48. The molecule has 82 valence electrons. The van der Waals surface area contributed by atoms with Crippen molar-refractivity contribution in [2.75, 3.05) is 13.2 Å². The van der Waals surface area contributed by atoms with Crippen molar-refractivity contribution in [1.82, 2.24) is 0 Å². The second-order valence-corrected chi connectivity index (χ2v) is 2.48. The Morgan fingerprint density at radius 2 is 0.929 bits per heavy atom. The largest absolute Gasteiger partial charge is 1.00 e. The summed E-state index contributed by atoms with van der Waals surface area (Å²) in [7, 11) is 0. The third-order valence-electron chi connectivity index (χ3n) is 1.51. The van der Waals surface area contributed by atoms with Crippen LogP contribution in [0.5, 0.6) is 0 Å². The second kappa shape index (κ2) is 10.9. The molecule has 0 heterocycles. The molecule has 0 aliphatic heterocycles. The van der Waals surface area contributed by atoms with Crippen molar-refractivity contribution in [2.24, 2.45) is 0 Å². The van der Waals surface area contributed by atoms with E-state index in [1.54, 1.807) is 0 Å². The Hall–Kier alpha value is 1.36. The molecule has 14 heavy (non-hydrogen) atoms. The van der Waals surface area contributed by atoms with E-state index in [2.05, 4.69) is 0 Å². The van der Waals surface area contributed by atoms with Gasteiger partial charge >= 0.3 is 51.4 Å². The Balaban J connectivity index is -0.000000605. The molecule has 0 rings (SSSR count). The predicted octanol–water partition coefficient (Wildman–Crippen LogP) is -6.76. The van der Waals surface area contributed by atoms with Gasteiger partial charge in [-0.3, -0.25) is 0 Å². The summed E-state index contributed by atoms with van der Waals surface area (Å²) < 4.78 is 0. The van der Waals surface area contributed by atoms with Crippen LogP contribution in [0.4, 0.5) is 0 Å². The number of hydrogen-bond donors (Lipinski definition) is 6. The van der Waals surface area contributed by atoms with Crippen LogP contribution < -0.4 is 51.4 Å². The predicted molar refractivity (Wildman–Crippen MR) is 40.1 cm³/mol. The minimum Gasteiger partial charge on any atom is -0.870 e. The summed E-state index contributed by atoms with van der Waals surface area (Å²) in [6, 6.07) is 0. The number of aliphatic hydroxyl groups excluding tert-OH is 6. The molecule has 0 aliphatic rings. The van der Waals surface area contributed by atoms with Gasteiger partial charge in [0.25, 0.3) is 0 Å². The zero-order valence-electron chi connectivity index (χ0n) is 7.85. The fourth-order valence-corrected chi connectivity index (χ4v) is 0.671. The van der Waals surface area contributed by atoms with E-state index in [1.165, 1.54) is 0 Å². The normalized spacial score (nSPS) is 18.4. The van der Waals surface area contributed by atoms with E-state index < -0.39 is 37.6 Å². The van der Waals surface area contributed by atoms with Crippen molar-refractivity contribution in [1.29, 1.82) is 0 Å². The molecule has 0 aromatic carbocycles. The van der Waals surface area contributed by atoms with E-state index in [0.29, 0.717) is 0 Å². The average molecular weight is 238 g/mol. The summed E-state index contributed by atoms with van der Waals surface area (Å²) in [6.07, 6.45) is -6.39. The van der Waals surface area contributed by atoms with Gasteiger partial charge in [0.1, 0.15) is 24.4 Å². The smallest absolute Gasteiger partial charge is 0.870 e. The fourth-order valence-electron chi connectivity index (χ4n) is 0.671. The Kier molecular flexibility index (Phi) is 16.1. The van der Waals surface area contributed by atoms with Gasteiger partial charge in [-0.05, 0) is 0 Å². The van der Waals surface area contributed by atoms with Crippen molar-refractivity contribution in [2.45, 2.75) is 24.4 Å². The summed E-state index contributed by atoms with van der Waals surface area (Å²) in [5.41, 5.74) is 0. The van der Waals surface area contributed by atoms with Crippen molar-refractivity contribution < 1.29 is 87.5 Å². The van der Waals surface area contributed by atoms with E-state index in [9.17, 15) is 0 Å². The van der Waals surface area contributed by atoms with Gasteiger partial charge in [-0.1, -0.05) is 0 Å². The maximum Gasteiger partial charge on any atom is 1.00 e. The molecular formula is C6H15KO7. The van der Waals surface area contributed by atoms with Crippen LogP contribution in [0.2, 0.25) is 0 Å². The first-order valence-electron chi connectivity index (χ1n) is 3.48. The minimum atomic E-state index is -1.67. The topological polar surface area (TPSA) is 151 Å². The SMILES string of the molecule is OCC(O)C(O)C(O)C(O)CO.[K+].[OH-]. The van der Waals surface area contributed by atoms with Gasteiger partial charge < -0.3 is 36.1 Å². The third-order valence-corrected chi connectivity index (χ3v) is 1.51. The number of rotatable bonds is 5. The molecule has 0 saturated carbocycles. The molecule has 0 amide bonds. The molecule has 0 radical (unpaired) electrons. The Morgan fingerprint density at radius 3 is 1.07 bits per heavy atom. The van der Waals surface area contributed by atoms with Crippen molar-refractivity contribution in [3.8, 4) is 0 Å². The zero-order valence-corrected chi connectivity index (χ0v) is 11.0. The molecule has 0 aliphatic carbocycles. The molecule has 4 unspecified atom stereocenters. The monoisotopic (exact) mass is 238 g/mol. The van der Waals surface area contributed by atoms with Gasteiger partial charge in [-0.15, -0.1) is 0 Å². The molecule has 0 spiro atoms. The molecule has 4 atom stereocenters. The number of aliphatic hydroxyl groups is 6.